The van der Waals surface area contributed by atoms with E-state index in [4.69, 9.17) is 23.9 Å². The fraction of sp³-hybridized carbons (Fsp3) is 0.367. The van der Waals surface area contributed by atoms with Gasteiger partial charge in [-0.15, -0.1) is 0 Å². The number of halogens is 1. The van der Waals surface area contributed by atoms with Crippen molar-refractivity contribution in [1.29, 1.82) is 0 Å². The monoisotopic (exact) mass is 506 g/mol. The van der Waals surface area contributed by atoms with E-state index in [9.17, 15) is 0 Å². The number of nitrogens with zero attached hydrogens (tertiary/aromatic N) is 2. The maximum atomic E-state index is 16.5. The Morgan fingerprint density at radius 2 is 1.51 bits per heavy atom. The van der Waals surface area contributed by atoms with Gasteiger partial charge in [-0.3, -0.25) is 4.99 Å². The average molecular weight is 507 g/mol. The summed E-state index contributed by atoms with van der Waals surface area (Å²) in [4.78, 5) is 6.83. The summed E-state index contributed by atoms with van der Waals surface area (Å²) in [6.07, 6.45) is 0. The maximum absolute atomic E-state index is 16.5. The van der Waals surface area contributed by atoms with Crippen LogP contribution >= 0.6 is 0 Å². The van der Waals surface area contributed by atoms with Crippen molar-refractivity contribution in [3.63, 3.8) is 0 Å². The molecule has 1 heterocycles. The molecule has 1 aliphatic rings. The Morgan fingerprint density at radius 1 is 0.946 bits per heavy atom. The summed E-state index contributed by atoms with van der Waals surface area (Å²) in [5, 5.41) is 0. The molecule has 196 valence electrons. The molecule has 0 bridgehead atoms. The molecule has 0 radical (unpaired) electrons. The first-order valence-electron chi connectivity index (χ1n) is 12.6. The summed E-state index contributed by atoms with van der Waals surface area (Å²) in [6, 6.07) is 21.0. The second-order valence-corrected chi connectivity index (χ2v) is 9.18. The molecule has 0 aromatic heterocycles. The van der Waals surface area contributed by atoms with Crippen LogP contribution in [0.25, 0.3) is 0 Å². The summed E-state index contributed by atoms with van der Waals surface area (Å²) in [5.41, 5.74) is 1.91. The first-order valence-corrected chi connectivity index (χ1v) is 12.6. The minimum Gasteiger partial charge on any atom is -0.493 e. The van der Waals surface area contributed by atoms with E-state index in [2.05, 4.69) is 11.8 Å². The van der Waals surface area contributed by atoms with Gasteiger partial charge in [0.2, 0.25) is 11.5 Å². The van der Waals surface area contributed by atoms with Gasteiger partial charge >= 0.3 is 0 Å². The maximum Gasteiger partial charge on any atom is 0.207 e. The van der Waals surface area contributed by atoms with Crippen LogP contribution in [-0.4, -0.2) is 49.7 Å². The van der Waals surface area contributed by atoms with Crippen molar-refractivity contribution in [3.05, 3.63) is 89.2 Å². The van der Waals surface area contributed by atoms with Crippen molar-refractivity contribution in [3.8, 4) is 17.2 Å². The molecule has 0 N–H and O–H groups in total. The Balaban J connectivity index is 1.79. The van der Waals surface area contributed by atoms with Gasteiger partial charge in [0.05, 0.1) is 31.4 Å². The van der Waals surface area contributed by atoms with Crippen LogP contribution in [0.2, 0.25) is 0 Å². The summed E-state index contributed by atoms with van der Waals surface area (Å²) < 4.78 is 39.9. The van der Waals surface area contributed by atoms with E-state index in [1.165, 1.54) is 0 Å². The Hall–Kier alpha value is -3.58. The van der Waals surface area contributed by atoms with Crippen molar-refractivity contribution in [2.45, 2.75) is 39.5 Å². The Labute approximate surface area is 218 Å². The Bertz CT molecular complexity index is 1200. The van der Waals surface area contributed by atoms with Crippen molar-refractivity contribution in [1.82, 2.24) is 4.90 Å². The van der Waals surface area contributed by atoms with Crippen molar-refractivity contribution in [2.24, 2.45) is 4.99 Å². The molecule has 0 aliphatic carbocycles. The van der Waals surface area contributed by atoms with E-state index in [-0.39, 0.29) is 30.3 Å². The third kappa shape index (κ3) is 5.88. The van der Waals surface area contributed by atoms with Crippen molar-refractivity contribution in [2.75, 3.05) is 33.4 Å². The average Bonchev–Trinajstić information content (AvgIpc) is 2.91. The molecule has 0 amide bonds. The van der Waals surface area contributed by atoms with E-state index in [0.29, 0.717) is 43.5 Å². The van der Waals surface area contributed by atoms with Gasteiger partial charge in [-0.1, -0.05) is 60.7 Å². The second kappa shape index (κ2) is 12.1. The fourth-order valence-corrected chi connectivity index (χ4v) is 4.44. The molecule has 0 spiro atoms. The number of hydrogen-bond acceptors (Lipinski definition) is 5. The highest BCUT2D eigenvalue weighted by Gasteiger charge is 2.42. The summed E-state index contributed by atoms with van der Waals surface area (Å²) in [6.45, 7) is 8.74. The number of amidine groups is 1. The lowest BCUT2D eigenvalue weighted by Gasteiger charge is -2.48. The highest BCUT2D eigenvalue weighted by Crippen LogP contribution is 2.43. The molecule has 7 heteroatoms. The molecule has 1 saturated heterocycles. The van der Waals surface area contributed by atoms with Crippen LogP contribution in [0, 0.1) is 5.82 Å². The number of ether oxygens (including phenoxy) is 4. The normalized spacial score (nSPS) is 14.6. The fourth-order valence-electron chi connectivity index (χ4n) is 4.44. The van der Waals surface area contributed by atoms with Gasteiger partial charge in [0.25, 0.3) is 0 Å². The van der Waals surface area contributed by atoms with Crippen LogP contribution in [0.3, 0.4) is 0 Å². The first kappa shape index (κ1) is 26.5. The first-order chi connectivity index (χ1) is 18.0. The second-order valence-electron chi connectivity index (χ2n) is 9.18. The van der Waals surface area contributed by atoms with Crippen molar-refractivity contribution < 1.29 is 23.3 Å². The lowest BCUT2D eigenvalue weighted by molar-refractivity contribution is -0.105. The summed E-state index contributed by atoms with van der Waals surface area (Å²) in [7, 11) is 1.54. The number of likely N-dealkylation sites (N-methyl/N-ethyl adjacent to an activating group) is 1. The molecule has 0 saturated carbocycles. The Morgan fingerprint density at radius 3 is 1.97 bits per heavy atom. The van der Waals surface area contributed by atoms with Gasteiger partial charge in [-0.05, 0) is 38.0 Å². The minimum absolute atomic E-state index is 0.00371. The number of aliphatic imine (C=N–C) groups is 1. The summed E-state index contributed by atoms with van der Waals surface area (Å²) >= 11 is 0. The zero-order valence-electron chi connectivity index (χ0n) is 22.0. The zero-order valence-corrected chi connectivity index (χ0v) is 22.0. The van der Waals surface area contributed by atoms with E-state index in [0.717, 1.165) is 11.1 Å². The van der Waals surface area contributed by atoms with Crippen molar-refractivity contribution >= 4 is 5.84 Å². The van der Waals surface area contributed by atoms with E-state index in [1.54, 1.807) is 13.2 Å². The van der Waals surface area contributed by atoms with Gasteiger partial charge in [0.15, 0.2) is 11.6 Å². The Kier molecular flexibility index (Phi) is 8.66. The van der Waals surface area contributed by atoms with Gasteiger partial charge < -0.3 is 23.8 Å². The number of benzene rings is 3. The molecule has 37 heavy (non-hydrogen) atoms. The molecular formula is C30H35FN2O4. The topological polar surface area (TPSA) is 52.5 Å². The SMILES string of the molecule is CC/N=C(/c1cc(OC)c(OCc2ccccc2)c(OCc2ccccc2)c1F)N(CC)C1(C)COC1. The van der Waals surface area contributed by atoms with Gasteiger partial charge in [-0.25, -0.2) is 4.39 Å². The van der Waals surface area contributed by atoms with Crippen LogP contribution in [0.15, 0.2) is 71.7 Å². The lowest BCUT2D eigenvalue weighted by Crippen LogP contribution is -2.62. The minimum atomic E-state index is -0.533. The van der Waals surface area contributed by atoms with Gasteiger partial charge in [0.1, 0.15) is 19.0 Å². The van der Waals surface area contributed by atoms with Crippen LogP contribution in [0.5, 0.6) is 17.2 Å². The van der Waals surface area contributed by atoms with Crippen LogP contribution in [-0.2, 0) is 18.0 Å². The van der Waals surface area contributed by atoms with Crippen LogP contribution < -0.4 is 14.2 Å². The molecule has 6 nitrogen and oxygen atoms in total. The molecule has 1 aliphatic heterocycles. The molecule has 0 atom stereocenters. The van der Waals surface area contributed by atoms with Gasteiger partial charge in [0, 0.05) is 13.1 Å². The predicted octanol–water partition coefficient (Wildman–Crippen LogP) is 5.87. The standard InChI is InChI=1S/C30H35FN2O4/c1-5-32-29(33(6-2)30(3)20-35-21-30)24-17-25(34-4)27(36-18-22-13-9-7-10-14-22)28(26(24)31)37-19-23-15-11-8-12-16-23/h7-17H,5-6,18-21H2,1-4H3/b32-29-. The lowest BCUT2D eigenvalue weighted by atomic mass is 9.96. The molecule has 4 rings (SSSR count). The number of methoxy groups -OCH3 is 1. The largest absolute Gasteiger partial charge is 0.493 e. The quantitative estimate of drug-likeness (QED) is 0.241. The zero-order chi connectivity index (χ0) is 26.3. The third-order valence-electron chi connectivity index (χ3n) is 6.41. The molecular weight excluding hydrogens is 471 g/mol. The molecule has 3 aromatic rings. The molecule has 3 aromatic carbocycles. The van der Waals surface area contributed by atoms with Crippen LogP contribution in [0.1, 0.15) is 37.5 Å². The predicted molar refractivity (Wildman–Crippen MR) is 143 cm³/mol. The smallest absolute Gasteiger partial charge is 0.207 e. The van der Waals surface area contributed by atoms with E-state index >= 15 is 4.39 Å². The number of rotatable bonds is 11. The molecule has 1 fully saturated rings. The number of hydrogen-bond donors (Lipinski definition) is 0. The third-order valence-corrected chi connectivity index (χ3v) is 6.41. The van der Waals surface area contributed by atoms with Crippen LogP contribution in [0.4, 0.5) is 4.39 Å². The van der Waals surface area contributed by atoms with E-state index in [1.807, 2.05) is 74.5 Å². The summed E-state index contributed by atoms with van der Waals surface area (Å²) in [5.74, 6) is 0.620. The van der Waals surface area contributed by atoms with Gasteiger partial charge in [-0.2, -0.15) is 0 Å². The van der Waals surface area contributed by atoms with E-state index < -0.39 is 5.82 Å². The molecule has 0 unspecified atom stereocenters. The highest BCUT2D eigenvalue weighted by atomic mass is 19.1. The highest BCUT2D eigenvalue weighted by molar-refractivity contribution is 6.01.